The molecule has 5 rings (SSSR count). The quantitative estimate of drug-likeness (QED) is 0.609. The van der Waals surface area contributed by atoms with Crippen LogP contribution in [-0.2, 0) is 6.42 Å². The average molecular weight is 390 g/mol. The van der Waals surface area contributed by atoms with Gasteiger partial charge in [0, 0.05) is 12.0 Å². The predicted octanol–water partition coefficient (Wildman–Crippen LogP) is 6.46. The summed E-state index contributed by atoms with van der Waals surface area (Å²) in [6.45, 7) is 2.24. The maximum absolute atomic E-state index is 6.86. The van der Waals surface area contributed by atoms with Gasteiger partial charge in [0.15, 0.2) is 0 Å². The molecule has 0 aromatic heterocycles. The number of ether oxygens (including phenoxy) is 1. The van der Waals surface area contributed by atoms with Crippen molar-refractivity contribution in [3.05, 3.63) is 64.7 Å². The van der Waals surface area contributed by atoms with E-state index in [0.29, 0.717) is 17.9 Å². The Morgan fingerprint density at radius 2 is 1.72 bits per heavy atom. The zero-order chi connectivity index (χ0) is 19.8. The summed E-state index contributed by atoms with van der Waals surface area (Å²) in [5.41, 5.74) is 12.3. The van der Waals surface area contributed by atoms with Gasteiger partial charge in [0.25, 0.3) is 0 Å². The molecule has 0 bridgehead atoms. The first-order valence-electron chi connectivity index (χ1n) is 11.8. The van der Waals surface area contributed by atoms with Gasteiger partial charge in [-0.25, -0.2) is 0 Å². The molecule has 2 aromatic carbocycles. The fourth-order valence-electron chi connectivity index (χ4n) is 5.88. The van der Waals surface area contributed by atoms with Crippen LogP contribution in [0.25, 0.3) is 0 Å². The first kappa shape index (κ1) is 19.2. The summed E-state index contributed by atoms with van der Waals surface area (Å²) in [4.78, 5) is 0. The van der Waals surface area contributed by atoms with Gasteiger partial charge in [0.2, 0.25) is 0 Å². The molecule has 154 valence electrons. The molecule has 2 fully saturated rings. The fraction of sp³-hybridized carbons (Fsp3) is 0.556. The summed E-state index contributed by atoms with van der Waals surface area (Å²) in [5, 5.41) is 0. The molecular formula is C27H35NO. The average Bonchev–Trinajstić information content (AvgIpc) is 3.58. The monoisotopic (exact) mass is 389 g/mol. The number of nitrogens with two attached hydrogens (primary N) is 1. The first-order chi connectivity index (χ1) is 14.2. The van der Waals surface area contributed by atoms with Crippen molar-refractivity contribution in [2.75, 3.05) is 0 Å². The molecule has 4 unspecified atom stereocenters. The Kier molecular flexibility index (Phi) is 5.39. The zero-order valence-corrected chi connectivity index (χ0v) is 17.8. The largest absolute Gasteiger partial charge is 0.485 e. The predicted molar refractivity (Wildman–Crippen MR) is 119 cm³/mol. The van der Waals surface area contributed by atoms with Gasteiger partial charge in [-0.1, -0.05) is 43.2 Å². The van der Waals surface area contributed by atoms with Crippen molar-refractivity contribution in [3.8, 4) is 5.75 Å². The minimum atomic E-state index is 0.157. The summed E-state index contributed by atoms with van der Waals surface area (Å²) < 4.78 is 6.86. The molecule has 2 N–H and O–H groups in total. The van der Waals surface area contributed by atoms with Crippen LogP contribution in [0.4, 0.5) is 0 Å². The summed E-state index contributed by atoms with van der Waals surface area (Å²) in [5.74, 6) is 3.06. The van der Waals surface area contributed by atoms with Gasteiger partial charge in [0.05, 0.1) is 0 Å². The van der Waals surface area contributed by atoms with Crippen molar-refractivity contribution in [1.29, 1.82) is 0 Å². The van der Waals surface area contributed by atoms with E-state index in [2.05, 4.69) is 49.4 Å². The number of hydrogen-bond acceptors (Lipinski definition) is 2. The summed E-state index contributed by atoms with van der Waals surface area (Å²) in [6.07, 6.45) is 11.5. The van der Waals surface area contributed by atoms with Gasteiger partial charge in [-0.15, -0.1) is 0 Å². The number of benzene rings is 2. The van der Waals surface area contributed by atoms with Crippen molar-refractivity contribution in [1.82, 2.24) is 0 Å². The number of rotatable bonds is 4. The molecule has 2 aromatic rings. The Morgan fingerprint density at radius 1 is 0.897 bits per heavy atom. The van der Waals surface area contributed by atoms with Gasteiger partial charge in [-0.2, -0.15) is 0 Å². The van der Waals surface area contributed by atoms with Crippen molar-refractivity contribution in [2.45, 2.75) is 82.8 Å². The third kappa shape index (κ3) is 4.10. The molecular weight excluding hydrogens is 354 g/mol. The van der Waals surface area contributed by atoms with Crippen LogP contribution in [0.15, 0.2) is 42.5 Å². The third-order valence-corrected chi connectivity index (χ3v) is 7.64. The van der Waals surface area contributed by atoms with Gasteiger partial charge >= 0.3 is 0 Å². The Morgan fingerprint density at radius 3 is 2.59 bits per heavy atom. The van der Waals surface area contributed by atoms with E-state index in [1.54, 1.807) is 0 Å². The smallest absolute Gasteiger partial charge is 0.127 e. The molecule has 4 atom stereocenters. The second kappa shape index (κ2) is 8.14. The SMILES string of the molecule is Cc1ccc(OC2c3ccccc3CCC2C2CCCCC(N)C2)cc1C1CC1. The molecule has 29 heavy (non-hydrogen) atoms. The van der Waals surface area contributed by atoms with E-state index in [1.165, 1.54) is 73.6 Å². The topological polar surface area (TPSA) is 35.2 Å². The number of aryl methyl sites for hydroxylation is 2. The zero-order valence-electron chi connectivity index (χ0n) is 17.8. The standard InChI is InChI=1S/C27H35NO/c1-18-10-14-23(17-26(18)20-11-12-20)29-27-24-9-5-3-6-19(24)13-15-25(27)21-7-2-4-8-22(28)16-21/h3,5-6,9-10,14,17,20-22,25,27H,2,4,7-8,11-13,15-16,28H2,1H3. The molecule has 0 aliphatic heterocycles. The molecule has 3 aliphatic rings. The normalized spacial score (nSPS) is 29.7. The highest BCUT2D eigenvalue weighted by atomic mass is 16.5. The van der Waals surface area contributed by atoms with E-state index < -0.39 is 0 Å². The van der Waals surface area contributed by atoms with Gasteiger partial charge in [-0.05, 0) is 98.1 Å². The van der Waals surface area contributed by atoms with Crippen LogP contribution in [0, 0.1) is 18.8 Å². The van der Waals surface area contributed by atoms with E-state index in [-0.39, 0.29) is 6.10 Å². The van der Waals surface area contributed by atoms with Crippen molar-refractivity contribution in [3.63, 3.8) is 0 Å². The maximum Gasteiger partial charge on any atom is 0.127 e. The Labute approximate surface area is 175 Å². The Hall–Kier alpha value is -1.80. The van der Waals surface area contributed by atoms with Gasteiger partial charge < -0.3 is 10.5 Å². The highest BCUT2D eigenvalue weighted by molar-refractivity contribution is 5.40. The third-order valence-electron chi connectivity index (χ3n) is 7.64. The number of fused-ring (bicyclic) bond motifs is 1. The molecule has 0 heterocycles. The Balaban J connectivity index is 1.46. The molecule has 0 amide bonds. The van der Waals surface area contributed by atoms with E-state index in [9.17, 15) is 0 Å². The molecule has 3 aliphatic carbocycles. The summed E-state index contributed by atoms with van der Waals surface area (Å²) >= 11 is 0. The fourth-order valence-corrected chi connectivity index (χ4v) is 5.88. The lowest BCUT2D eigenvalue weighted by molar-refractivity contribution is 0.0708. The van der Waals surface area contributed by atoms with E-state index >= 15 is 0 Å². The molecule has 0 spiro atoms. The van der Waals surface area contributed by atoms with Crippen LogP contribution < -0.4 is 10.5 Å². The van der Waals surface area contributed by atoms with E-state index in [1.807, 2.05) is 0 Å². The van der Waals surface area contributed by atoms with Crippen LogP contribution in [0.3, 0.4) is 0 Å². The molecule has 2 nitrogen and oxygen atoms in total. The molecule has 0 radical (unpaired) electrons. The van der Waals surface area contributed by atoms with E-state index in [4.69, 9.17) is 10.5 Å². The van der Waals surface area contributed by atoms with Crippen molar-refractivity contribution < 1.29 is 4.74 Å². The lowest BCUT2D eigenvalue weighted by Crippen LogP contribution is -2.33. The first-order valence-corrected chi connectivity index (χ1v) is 11.8. The minimum Gasteiger partial charge on any atom is -0.485 e. The number of hydrogen-bond donors (Lipinski definition) is 1. The van der Waals surface area contributed by atoms with E-state index in [0.717, 1.165) is 18.1 Å². The van der Waals surface area contributed by atoms with Crippen LogP contribution in [0.2, 0.25) is 0 Å². The maximum atomic E-state index is 6.86. The van der Waals surface area contributed by atoms with Gasteiger partial charge in [0.1, 0.15) is 11.9 Å². The lowest BCUT2D eigenvalue weighted by atomic mass is 9.72. The van der Waals surface area contributed by atoms with Crippen LogP contribution >= 0.6 is 0 Å². The van der Waals surface area contributed by atoms with Crippen LogP contribution in [0.1, 0.15) is 85.6 Å². The van der Waals surface area contributed by atoms with Crippen LogP contribution in [0.5, 0.6) is 5.75 Å². The highest BCUT2D eigenvalue weighted by Crippen LogP contribution is 2.47. The van der Waals surface area contributed by atoms with Crippen molar-refractivity contribution in [2.24, 2.45) is 17.6 Å². The molecule has 0 saturated heterocycles. The molecule has 2 heteroatoms. The Bertz CT molecular complexity index is 855. The minimum absolute atomic E-state index is 0.157. The second-order valence-corrected chi connectivity index (χ2v) is 9.77. The lowest BCUT2D eigenvalue weighted by Gasteiger charge is -2.39. The second-order valence-electron chi connectivity index (χ2n) is 9.77. The van der Waals surface area contributed by atoms with Gasteiger partial charge in [-0.3, -0.25) is 0 Å². The molecule has 2 saturated carbocycles. The van der Waals surface area contributed by atoms with Crippen molar-refractivity contribution >= 4 is 0 Å². The summed E-state index contributed by atoms with van der Waals surface area (Å²) in [7, 11) is 0. The van der Waals surface area contributed by atoms with Crippen LogP contribution in [-0.4, -0.2) is 6.04 Å². The highest BCUT2D eigenvalue weighted by Gasteiger charge is 2.37. The summed E-state index contributed by atoms with van der Waals surface area (Å²) in [6, 6.07) is 16.1.